The lowest BCUT2D eigenvalue weighted by atomic mass is 10.2. The third-order valence-electron chi connectivity index (χ3n) is 2.26. The first-order valence-corrected chi connectivity index (χ1v) is 5.19. The average Bonchev–Trinajstić information content (AvgIpc) is 2.39. The number of carbonyl (C=O) groups excluding carboxylic acids is 1. The van der Waals surface area contributed by atoms with E-state index in [-0.39, 0.29) is 11.4 Å². The minimum atomic E-state index is -0.690. The molecule has 1 amide bonds. The number of rotatable bonds is 3. The molecule has 0 radical (unpaired) electrons. The predicted octanol–water partition coefficient (Wildman–Crippen LogP) is 1.22. The van der Waals surface area contributed by atoms with Gasteiger partial charge in [0.1, 0.15) is 17.6 Å². The quantitative estimate of drug-likeness (QED) is 0.630. The largest absolute Gasteiger partial charge is 0.384 e. The van der Waals surface area contributed by atoms with Crippen LogP contribution in [0.2, 0.25) is 0 Å². The van der Waals surface area contributed by atoms with E-state index < -0.39 is 16.5 Å². The Labute approximate surface area is 107 Å². The van der Waals surface area contributed by atoms with E-state index in [1.807, 2.05) is 0 Å². The highest BCUT2D eigenvalue weighted by atomic mass is 16.6. The number of nitrogens with two attached hydrogens (primary N) is 1. The third-order valence-corrected chi connectivity index (χ3v) is 2.26. The summed E-state index contributed by atoms with van der Waals surface area (Å²) in [5.74, 6) is -0.615. The first kappa shape index (κ1) is 12.4. The van der Waals surface area contributed by atoms with Crippen molar-refractivity contribution in [2.75, 3.05) is 11.1 Å². The van der Waals surface area contributed by atoms with E-state index in [9.17, 15) is 14.9 Å². The fourth-order valence-corrected chi connectivity index (χ4v) is 1.43. The molecule has 19 heavy (non-hydrogen) atoms. The molecule has 2 rings (SSSR count). The van der Waals surface area contributed by atoms with Gasteiger partial charge in [0.2, 0.25) is 0 Å². The Kier molecular flexibility index (Phi) is 3.33. The van der Waals surface area contributed by atoms with Crippen LogP contribution in [-0.2, 0) is 0 Å². The fraction of sp³-hybridized carbons (Fsp3) is 0. The molecule has 0 spiro atoms. The smallest absolute Gasteiger partial charge is 0.300 e. The van der Waals surface area contributed by atoms with Crippen LogP contribution in [0, 0.1) is 10.1 Å². The summed E-state index contributed by atoms with van der Waals surface area (Å²) in [6, 6.07) is 4.40. The lowest BCUT2D eigenvalue weighted by Gasteiger charge is -2.05. The second-order valence-electron chi connectivity index (χ2n) is 3.58. The molecule has 3 N–H and O–H groups in total. The second-order valence-corrected chi connectivity index (χ2v) is 3.58. The van der Waals surface area contributed by atoms with Crippen LogP contribution in [0.1, 0.15) is 10.4 Å². The molecule has 0 bridgehead atoms. The van der Waals surface area contributed by atoms with Gasteiger partial charge in [-0.05, 0) is 18.2 Å². The number of anilines is 2. The molecule has 2 aromatic rings. The zero-order valence-electron chi connectivity index (χ0n) is 9.61. The number of nitro groups is 1. The van der Waals surface area contributed by atoms with Crippen molar-refractivity contribution in [2.45, 2.75) is 0 Å². The Balaban J connectivity index is 2.33. The number of nitrogens with one attached hydrogen (secondary N) is 1. The molecule has 0 aliphatic rings. The van der Waals surface area contributed by atoms with Gasteiger partial charge in [0.15, 0.2) is 0 Å². The lowest BCUT2D eigenvalue weighted by Crippen LogP contribution is -2.15. The van der Waals surface area contributed by atoms with Gasteiger partial charge in [-0.3, -0.25) is 19.9 Å². The molecule has 2 heterocycles. The highest BCUT2D eigenvalue weighted by Crippen LogP contribution is 2.20. The maximum atomic E-state index is 12.0. The van der Waals surface area contributed by atoms with Crippen molar-refractivity contribution in [1.29, 1.82) is 0 Å². The van der Waals surface area contributed by atoms with Crippen molar-refractivity contribution in [3.63, 3.8) is 0 Å². The molecule has 0 aliphatic heterocycles. The molecule has 0 aliphatic carbocycles. The number of hydrogen-bond acceptors (Lipinski definition) is 6. The zero-order chi connectivity index (χ0) is 13.8. The number of amides is 1. The van der Waals surface area contributed by atoms with Crippen LogP contribution in [0.25, 0.3) is 0 Å². The van der Waals surface area contributed by atoms with Crippen molar-refractivity contribution >= 4 is 23.1 Å². The van der Waals surface area contributed by atoms with Crippen molar-refractivity contribution < 1.29 is 9.72 Å². The van der Waals surface area contributed by atoms with Crippen molar-refractivity contribution in [2.24, 2.45) is 0 Å². The molecule has 0 fully saturated rings. The van der Waals surface area contributed by atoms with E-state index in [1.165, 1.54) is 6.20 Å². The SMILES string of the molecule is Nc1cc(C(=O)Nc2cccnc2)c([N+](=O)[O-])cn1. The number of aromatic nitrogens is 2. The Hall–Kier alpha value is -3.03. The van der Waals surface area contributed by atoms with E-state index in [0.717, 1.165) is 12.3 Å². The third kappa shape index (κ3) is 2.80. The highest BCUT2D eigenvalue weighted by molar-refractivity contribution is 6.07. The van der Waals surface area contributed by atoms with Gasteiger partial charge in [-0.2, -0.15) is 0 Å². The van der Waals surface area contributed by atoms with Crippen molar-refractivity contribution in [3.05, 3.63) is 52.5 Å². The normalized spacial score (nSPS) is 9.89. The Morgan fingerprint density at radius 3 is 2.84 bits per heavy atom. The lowest BCUT2D eigenvalue weighted by molar-refractivity contribution is -0.385. The standard InChI is InChI=1S/C11H9N5O3/c12-10-4-8(9(6-14-10)16(18)19)11(17)15-7-2-1-3-13-5-7/h1-6H,(H2,12,14)(H,15,17). The Morgan fingerprint density at radius 1 is 1.42 bits per heavy atom. The molecule has 0 saturated carbocycles. The summed E-state index contributed by atoms with van der Waals surface area (Å²) in [5.41, 5.74) is 5.30. The molecule has 96 valence electrons. The summed E-state index contributed by atoms with van der Waals surface area (Å²) in [6.07, 6.45) is 3.92. The number of carbonyl (C=O) groups is 1. The van der Waals surface area contributed by atoms with E-state index in [0.29, 0.717) is 5.69 Å². The van der Waals surface area contributed by atoms with Crippen LogP contribution in [0.3, 0.4) is 0 Å². The van der Waals surface area contributed by atoms with E-state index in [1.54, 1.807) is 18.3 Å². The van der Waals surface area contributed by atoms with Gasteiger partial charge in [-0.15, -0.1) is 0 Å². The topological polar surface area (TPSA) is 124 Å². The van der Waals surface area contributed by atoms with E-state index >= 15 is 0 Å². The van der Waals surface area contributed by atoms with E-state index in [2.05, 4.69) is 15.3 Å². The van der Waals surface area contributed by atoms with Crippen LogP contribution in [-0.4, -0.2) is 20.8 Å². The molecule has 2 aromatic heterocycles. The maximum Gasteiger partial charge on any atom is 0.300 e. The van der Waals surface area contributed by atoms with Crippen LogP contribution in [0.15, 0.2) is 36.8 Å². The summed E-state index contributed by atoms with van der Waals surface area (Å²) >= 11 is 0. The van der Waals surface area contributed by atoms with Crippen molar-refractivity contribution in [3.8, 4) is 0 Å². The number of nitrogen functional groups attached to an aromatic ring is 1. The molecule has 0 unspecified atom stereocenters. The molecular formula is C11H9N5O3. The van der Waals surface area contributed by atoms with Gasteiger partial charge in [-0.1, -0.05) is 0 Å². The van der Waals surface area contributed by atoms with Gasteiger partial charge in [0, 0.05) is 6.20 Å². The van der Waals surface area contributed by atoms with Crippen LogP contribution in [0.4, 0.5) is 17.2 Å². The number of hydrogen-bond donors (Lipinski definition) is 2. The maximum absolute atomic E-state index is 12.0. The van der Waals surface area contributed by atoms with Gasteiger partial charge in [0.05, 0.1) is 16.8 Å². The molecule has 0 aromatic carbocycles. The van der Waals surface area contributed by atoms with Gasteiger partial charge in [-0.25, -0.2) is 4.98 Å². The highest BCUT2D eigenvalue weighted by Gasteiger charge is 2.21. The second kappa shape index (κ2) is 5.08. The summed E-state index contributed by atoms with van der Waals surface area (Å²) in [7, 11) is 0. The minimum absolute atomic E-state index is 0.0296. The minimum Gasteiger partial charge on any atom is -0.384 e. The molecular weight excluding hydrogens is 250 g/mol. The molecule has 8 heteroatoms. The first-order valence-electron chi connectivity index (χ1n) is 5.19. The van der Waals surface area contributed by atoms with Crippen molar-refractivity contribution in [1.82, 2.24) is 9.97 Å². The van der Waals surface area contributed by atoms with Crippen LogP contribution in [0.5, 0.6) is 0 Å². The summed E-state index contributed by atoms with van der Waals surface area (Å²) in [4.78, 5) is 29.5. The summed E-state index contributed by atoms with van der Waals surface area (Å²) in [6.45, 7) is 0. The van der Waals surface area contributed by atoms with Gasteiger partial charge >= 0.3 is 0 Å². The fourth-order valence-electron chi connectivity index (χ4n) is 1.43. The molecule has 8 nitrogen and oxygen atoms in total. The average molecular weight is 259 g/mol. The van der Waals surface area contributed by atoms with Crippen LogP contribution >= 0.6 is 0 Å². The monoisotopic (exact) mass is 259 g/mol. The predicted molar refractivity (Wildman–Crippen MR) is 67.5 cm³/mol. The van der Waals surface area contributed by atoms with Crippen LogP contribution < -0.4 is 11.1 Å². The number of nitrogens with zero attached hydrogens (tertiary/aromatic N) is 3. The molecule has 0 saturated heterocycles. The zero-order valence-corrected chi connectivity index (χ0v) is 9.61. The van der Waals surface area contributed by atoms with Gasteiger partial charge in [0.25, 0.3) is 11.6 Å². The Bertz CT molecular complexity index is 629. The summed E-state index contributed by atoms with van der Waals surface area (Å²) < 4.78 is 0. The van der Waals surface area contributed by atoms with Gasteiger partial charge < -0.3 is 11.1 Å². The van der Waals surface area contributed by atoms with E-state index in [4.69, 9.17) is 5.73 Å². The Morgan fingerprint density at radius 2 is 2.21 bits per heavy atom. The first-order chi connectivity index (χ1) is 9.08. The summed E-state index contributed by atoms with van der Waals surface area (Å²) in [5, 5.41) is 13.3. The number of pyridine rings is 2. The molecule has 0 atom stereocenters.